The van der Waals surface area contributed by atoms with E-state index in [1.165, 1.54) is 9.80 Å². The fraction of sp³-hybridized carbons (Fsp3) is 0.524. The molecule has 0 bridgehead atoms. The molecule has 1 fully saturated rings. The summed E-state index contributed by atoms with van der Waals surface area (Å²) in [5, 5.41) is 2.90. The van der Waals surface area contributed by atoms with E-state index in [0.717, 1.165) is 12.8 Å². The third-order valence-electron chi connectivity index (χ3n) is 5.49. The van der Waals surface area contributed by atoms with Crippen molar-refractivity contribution in [3.8, 4) is 0 Å². The lowest BCUT2D eigenvalue weighted by atomic mass is 9.88. The van der Waals surface area contributed by atoms with Crippen LogP contribution in [0.4, 0.5) is 4.79 Å². The predicted molar refractivity (Wildman–Crippen MR) is 104 cm³/mol. The summed E-state index contributed by atoms with van der Waals surface area (Å²) in [5.74, 6) is -0.706. The van der Waals surface area contributed by atoms with E-state index in [4.69, 9.17) is 0 Å². The van der Waals surface area contributed by atoms with E-state index in [-0.39, 0.29) is 30.3 Å². The van der Waals surface area contributed by atoms with Crippen molar-refractivity contribution in [3.05, 3.63) is 35.4 Å². The molecule has 3 rings (SSSR count). The first-order valence-electron chi connectivity index (χ1n) is 10.0. The Morgan fingerprint density at radius 3 is 1.82 bits per heavy atom. The Hall–Kier alpha value is -2.70. The van der Waals surface area contributed by atoms with Gasteiger partial charge in [-0.3, -0.25) is 24.2 Å². The number of carbonyl (C=O) groups is 4. The molecule has 1 aromatic carbocycles. The van der Waals surface area contributed by atoms with Crippen LogP contribution in [0, 0.1) is 0 Å². The molecule has 1 N–H and O–H groups in total. The SMILES string of the molecule is CCCC1(CCC)NC(=O)N(CCCCN2C(=O)c3ccccc3C2=O)C1=O. The lowest BCUT2D eigenvalue weighted by Crippen LogP contribution is -2.46. The van der Waals surface area contributed by atoms with Crippen LogP contribution in [0.3, 0.4) is 0 Å². The van der Waals surface area contributed by atoms with Gasteiger partial charge in [0.05, 0.1) is 11.1 Å². The summed E-state index contributed by atoms with van der Waals surface area (Å²) in [6.07, 6.45) is 3.99. The zero-order valence-electron chi connectivity index (χ0n) is 16.5. The molecule has 0 unspecified atom stereocenters. The number of hydrogen-bond acceptors (Lipinski definition) is 4. The van der Waals surface area contributed by atoms with Gasteiger partial charge in [-0.2, -0.15) is 0 Å². The first-order valence-corrected chi connectivity index (χ1v) is 10.0. The topological polar surface area (TPSA) is 86.8 Å². The molecular weight excluding hydrogens is 358 g/mol. The first kappa shape index (κ1) is 20.0. The molecule has 28 heavy (non-hydrogen) atoms. The average molecular weight is 385 g/mol. The van der Waals surface area contributed by atoms with E-state index in [1.54, 1.807) is 24.3 Å². The van der Waals surface area contributed by atoms with Crippen LogP contribution >= 0.6 is 0 Å². The summed E-state index contributed by atoms with van der Waals surface area (Å²) in [4.78, 5) is 52.4. The van der Waals surface area contributed by atoms with Gasteiger partial charge in [-0.15, -0.1) is 0 Å². The predicted octanol–water partition coefficient (Wildman–Crippen LogP) is 2.95. The van der Waals surface area contributed by atoms with E-state index < -0.39 is 5.54 Å². The molecule has 5 amide bonds. The number of benzene rings is 1. The normalized spacial score (nSPS) is 18.1. The maximum Gasteiger partial charge on any atom is 0.325 e. The van der Waals surface area contributed by atoms with Crippen LogP contribution in [0.15, 0.2) is 24.3 Å². The van der Waals surface area contributed by atoms with E-state index in [2.05, 4.69) is 5.32 Å². The molecule has 0 saturated carbocycles. The molecule has 1 aromatic rings. The molecule has 1 saturated heterocycles. The van der Waals surface area contributed by atoms with Crippen LogP contribution in [-0.2, 0) is 4.79 Å². The second-order valence-corrected chi connectivity index (χ2v) is 7.48. The van der Waals surface area contributed by atoms with Crippen molar-refractivity contribution in [2.75, 3.05) is 13.1 Å². The summed E-state index contributed by atoms with van der Waals surface area (Å²) >= 11 is 0. The van der Waals surface area contributed by atoms with E-state index >= 15 is 0 Å². The van der Waals surface area contributed by atoms with E-state index in [1.807, 2.05) is 13.8 Å². The Bertz CT molecular complexity index is 764. The van der Waals surface area contributed by atoms with Crippen LogP contribution in [-0.4, -0.2) is 52.2 Å². The number of nitrogens with zero attached hydrogens (tertiary/aromatic N) is 2. The molecule has 150 valence electrons. The monoisotopic (exact) mass is 385 g/mol. The lowest BCUT2D eigenvalue weighted by Gasteiger charge is -2.25. The standard InChI is InChI=1S/C21H27N3O4/c1-3-11-21(12-4-2)19(27)24(20(28)22-21)14-8-7-13-23-17(25)15-9-5-6-10-16(15)18(23)26/h5-6,9-10H,3-4,7-8,11-14H2,1-2H3,(H,22,28). The number of nitrogens with one attached hydrogen (secondary N) is 1. The highest BCUT2D eigenvalue weighted by molar-refractivity contribution is 6.21. The molecule has 0 aliphatic carbocycles. The van der Waals surface area contributed by atoms with Crippen LogP contribution in [0.1, 0.15) is 73.1 Å². The minimum Gasteiger partial charge on any atom is -0.323 e. The van der Waals surface area contributed by atoms with E-state index in [0.29, 0.717) is 43.4 Å². The molecule has 7 nitrogen and oxygen atoms in total. The van der Waals surface area contributed by atoms with Gasteiger partial charge in [0.2, 0.25) is 0 Å². The van der Waals surface area contributed by atoms with Crippen LogP contribution < -0.4 is 5.32 Å². The van der Waals surface area contributed by atoms with Crippen molar-refractivity contribution in [2.45, 2.75) is 57.9 Å². The van der Waals surface area contributed by atoms with Gasteiger partial charge in [-0.1, -0.05) is 38.8 Å². The fourth-order valence-electron chi connectivity index (χ4n) is 4.18. The first-order chi connectivity index (χ1) is 13.4. The van der Waals surface area contributed by atoms with Crippen LogP contribution in [0.2, 0.25) is 0 Å². The van der Waals surface area contributed by atoms with Crippen molar-refractivity contribution in [1.82, 2.24) is 15.1 Å². The zero-order valence-corrected chi connectivity index (χ0v) is 16.5. The number of hydrogen-bond donors (Lipinski definition) is 1. The van der Waals surface area contributed by atoms with Gasteiger partial charge in [0.1, 0.15) is 5.54 Å². The molecule has 2 heterocycles. The Kier molecular flexibility index (Phi) is 5.82. The number of unbranched alkanes of at least 4 members (excludes halogenated alkanes) is 1. The summed E-state index contributed by atoms with van der Waals surface area (Å²) in [6, 6.07) is 6.45. The Labute approximate surface area is 165 Å². The van der Waals surface area contributed by atoms with Crippen molar-refractivity contribution in [3.63, 3.8) is 0 Å². The molecule has 2 aliphatic rings. The summed E-state index contributed by atoms with van der Waals surface area (Å²) in [5.41, 5.74) is 0.0966. The highest BCUT2D eigenvalue weighted by atomic mass is 16.2. The minimum absolute atomic E-state index is 0.151. The quantitative estimate of drug-likeness (QED) is 0.402. The van der Waals surface area contributed by atoms with Crippen molar-refractivity contribution in [1.29, 1.82) is 0 Å². The molecule has 0 aromatic heterocycles. The maximum absolute atomic E-state index is 12.8. The molecule has 7 heteroatoms. The number of amides is 5. The second-order valence-electron chi connectivity index (χ2n) is 7.48. The van der Waals surface area contributed by atoms with Crippen LogP contribution in [0.5, 0.6) is 0 Å². The number of carbonyl (C=O) groups excluding carboxylic acids is 4. The third kappa shape index (κ3) is 3.41. The highest BCUT2D eigenvalue weighted by Crippen LogP contribution is 2.28. The molecular formula is C21H27N3O4. The molecule has 0 spiro atoms. The maximum atomic E-state index is 12.8. The van der Waals surface area contributed by atoms with Gasteiger partial charge in [0, 0.05) is 13.1 Å². The Morgan fingerprint density at radius 1 is 0.821 bits per heavy atom. The number of fused-ring (bicyclic) bond motifs is 1. The largest absolute Gasteiger partial charge is 0.325 e. The van der Waals surface area contributed by atoms with Crippen molar-refractivity contribution in [2.24, 2.45) is 0 Å². The average Bonchev–Trinajstić information content (AvgIpc) is 3.05. The van der Waals surface area contributed by atoms with Crippen molar-refractivity contribution >= 4 is 23.8 Å². The number of imide groups is 2. The molecule has 0 atom stereocenters. The summed E-state index contributed by atoms with van der Waals surface area (Å²) in [7, 11) is 0. The molecule has 2 aliphatic heterocycles. The highest BCUT2D eigenvalue weighted by Gasteiger charge is 2.49. The summed E-state index contributed by atoms with van der Waals surface area (Å²) < 4.78 is 0. The minimum atomic E-state index is -0.775. The van der Waals surface area contributed by atoms with Crippen molar-refractivity contribution < 1.29 is 19.2 Å². The van der Waals surface area contributed by atoms with Crippen LogP contribution in [0.25, 0.3) is 0 Å². The third-order valence-corrected chi connectivity index (χ3v) is 5.49. The zero-order chi connectivity index (χ0) is 20.3. The van der Waals surface area contributed by atoms with Gasteiger partial charge in [0.25, 0.3) is 17.7 Å². The molecule has 0 radical (unpaired) electrons. The van der Waals surface area contributed by atoms with Gasteiger partial charge in [0.15, 0.2) is 0 Å². The summed E-state index contributed by atoms with van der Waals surface area (Å²) in [6.45, 7) is 4.58. The number of urea groups is 1. The van der Waals surface area contributed by atoms with Gasteiger partial charge < -0.3 is 5.32 Å². The van der Waals surface area contributed by atoms with Gasteiger partial charge in [-0.25, -0.2) is 4.79 Å². The Balaban J connectivity index is 1.55. The van der Waals surface area contributed by atoms with E-state index in [9.17, 15) is 19.2 Å². The van der Waals surface area contributed by atoms with Gasteiger partial charge in [-0.05, 0) is 37.8 Å². The smallest absolute Gasteiger partial charge is 0.323 e. The lowest BCUT2D eigenvalue weighted by molar-refractivity contribution is -0.132. The fourth-order valence-corrected chi connectivity index (χ4v) is 4.18. The van der Waals surface area contributed by atoms with Gasteiger partial charge >= 0.3 is 6.03 Å². The Morgan fingerprint density at radius 2 is 1.32 bits per heavy atom. The number of rotatable bonds is 9. The second kappa shape index (κ2) is 8.12.